The highest BCUT2D eigenvalue weighted by Gasteiger charge is 2.21. The highest BCUT2D eigenvalue weighted by atomic mass is 32.2. The van der Waals surface area contributed by atoms with Crippen LogP contribution < -0.4 is 15.4 Å². The average molecular weight is 402 g/mol. The van der Waals surface area contributed by atoms with Gasteiger partial charge in [-0.05, 0) is 18.2 Å². The molecule has 0 aliphatic heterocycles. The van der Waals surface area contributed by atoms with E-state index >= 15 is 0 Å². The van der Waals surface area contributed by atoms with E-state index in [9.17, 15) is 19.8 Å². The Labute approximate surface area is 164 Å². The fourth-order valence-electron chi connectivity index (χ4n) is 2.49. The second-order valence-corrected chi connectivity index (χ2v) is 6.76. The molecule has 0 unspecified atom stereocenters. The molecule has 3 aromatic rings. The summed E-state index contributed by atoms with van der Waals surface area (Å²) in [6.07, 6.45) is -0.592. The monoisotopic (exact) mass is 402 g/mol. The summed E-state index contributed by atoms with van der Waals surface area (Å²) in [5.41, 5.74) is 0.155. The third kappa shape index (κ3) is 4.12. The van der Waals surface area contributed by atoms with Crippen LogP contribution in [0.5, 0.6) is 17.2 Å². The maximum absolute atomic E-state index is 11.9. The normalized spacial score (nSPS) is 10.6. The standard InChI is InChI=1S/C18H18N4O5S/c1-19-17(25)15-13-14(21-22-15)11(23)9-12(16(13)24)28-8-7-20-18(26)27-10-5-3-2-4-6-10/h2-6,9,23-24H,7-8H2,1H3,(H,19,25)(H,20,26)(H,21,22). The number of benzene rings is 2. The van der Waals surface area contributed by atoms with Gasteiger partial charge in [-0.15, -0.1) is 11.8 Å². The fraction of sp³-hybridized carbons (Fsp3) is 0.167. The van der Waals surface area contributed by atoms with Crippen molar-refractivity contribution in [1.29, 1.82) is 0 Å². The van der Waals surface area contributed by atoms with Gasteiger partial charge in [-0.25, -0.2) is 4.79 Å². The van der Waals surface area contributed by atoms with Gasteiger partial charge in [-0.1, -0.05) is 18.2 Å². The number of hydrogen-bond donors (Lipinski definition) is 5. The number of thioether (sulfide) groups is 1. The SMILES string of the molecule is CNC(=O)c1[nH]nc2c(O)cc(SCCNC(=O)Oc3ccccc3)c(O)c12. The van der Waals surface area contributed by atoms with Crippen LogP contribution in [0.3, 0.4) is 0 Å². The van der Waals surface area contributed by atoms with Gasteiger partial charge in [0, 0.05) is 19.3 Å². The first-order valence-corrected chi connectivity index (χ1v) is 9.28. The molecule has 0 aliphatic rings. The Bertz CT molecular complexity index is 1010. The number of aromatic hydroxyl groups is 2. The zero-order chi connectivity index (χ0) is 20.1. The van der Waals surface area contributed by atoms with Crippen molar-refractivity contribution < 1.29 is 24.5 Å². The predicted molar refractivity (Wildman–Crippen MR) is 104 cm³/mol. The number of hydrogen-bond acceptors (Lipinski definition) is 7. The summed E-state index contributed by atoms with van der Waals surface area (Å²) < 4.78 is 5.11. The van der Waals surface area contributed by atoms with Gasteiger partial charge in [0.25, 0.3) is 5.91 Å². The number of carbonyl (C=O) groups excluding carboxylic acids is 2. The van der Waals surface area contributed by atoms with Crippen LogP contribution in [-0.4, -0.2) is 51.8 Å². The highest BCUT2D eigenvalue weighted by Crippen LogP contribution is 2.40. The molecule has 0 bridgehead atoms. The first kappa shape index (κ1) is 19.4. The molecule has 0 saturated carbocycles. The number of rotatable bonds is 6. The average Bonchev–Trinajstić information content (AvgIpc) is 3.15. The van der Waals surface area contributed by atoms with Crippen LogP contribution in [0, 0.1) is 0 Å². The van der Waals surface area contributed by atoms with Gasteiger partial charge < -0.3 is 25.6 Å². The van der Waals surface area contributed by atoms with Crippen molar-refractivity contribution in [3.63, 3.8) is 0 Å². The summed E-state index contributed by atoms with van der Waals surface area (Å²) in [6, 6.07) is 10.0. The van der Waals surface area contributed by atoms with E-state index in [1.165, 1.54) is 24.9 Å². The maximum atomic E-state index is 11.9. The minimum atomic E-state index is -0.592. The Morgan fingerprint density at radius 1 is 1.25 bits per heavy atom. The number of nitrogens with zero attached hydrogens (tertiary/aromatic N) is 1. The number of fused-ring (bicyclic) bond motifs is 1. The summed E-state index contributed by atoms with van der Waals surface area (Å²) in [7, 11) is 1.45. The Hall–Kier alpha value is -3.40. The predicted octanol–water partition coefficient (Wildman–Crippen LogP) is 2.21. The Morgan fingerprint density at radius 3 is 2.71 bits per heavy atom. The van der Waals surface area contributed by atoms with Crippen LogP contribution in [0.15, 0.2) is 41.3 Å². The van der Waals surface area contributed by atoms with Crippen molar-refractivity contribution in [3.05, 3.63) is 42.1 Å². The largest absolute Gasteiger partial charge is 0.506 e. The molecule has 0 aliphatic carbocycles. The van der Waals surface area contributed by atoms with Gasteiger partial charge in [0.1, 0.15) is 28.5 Å². The van der Waals surface area contributed by atoms with E-state index in [1.807, 2.05) is 6.07 Å². The Morgan fingerprint density at radius 2 is 2.00 bits per heavy atom. The lowest BCUT2D eigenvalue weighted by Gasteiger charge is -2.09. The smallest absolute Gasteiger partial charge is 0.412 e. The third-order valence-corrected chi connectivity index (χ3v) is 4.81. The third-order valence-electron chi connectivity index (χ3n) is 3.78. The van der Waals surface area contributed by atoms with E-state index in [0.29, 0.717) is 16.4 Å². The molecule has 28 heavy (non-hydrogen) atoms. The summed E-state index contributed by atoms with van der Waals surface area (Å²) in [5, 5.41) is 32.2. The lowest BCUT2D eigenvalue weighted by atomic mass is 10.1. The second kappa shape index (κ2) is 8.53. The summed E-state index contributed by atoms with van der Waals surface area (Å²) >= 11 is 1.20. The first-order valence-electron chi connectivity index (χ1n) is 8.30. The van der Waals surface area contributed by atoms with Crippen LogP contribution in [0.4, 0.5) is 4.79 Å². The van der Waals surface area contributed by atoms with Crippen molar-refractivity contribution in [1.82, 2.24) is 20.8 Å². The van der Waals surface area contributed by atoms with E-state index in [0.717, 1.165) is 0 Å². The van der Waals surface area contributed by atoms with Gasteiger partial charge >= 0.3 is 6.09 Å². The number of phenols is 2. The lowest BCUT2D eigenvalue weighted by Crippen LogP contribution is -2.28. The molecule has 3 rings (SSSR count). The van der Waals surface area contributed by atoms with Gasteiger partial charge in [-0.2, -0.15) is 5.10 Å². The quantitative estimate of drug-likeness (QED) is 0.242. The molecular weight excluding hydrogens is 384 g/mol. The second-order valence-electron chi connectivity index (χ2n) is 5.62. The number of carbonyl (C=O) groups is 2. The molecule has 0 saturated heterocycles. The Kier molecular flexibility index (Phi) is 5.90. The summed E-state index contributed by atoms with van der Waals surface area (Å²) in [4.78, 5) is 24.0. The molecule has 1 aromatic heterocycles. The van der Waals surface area contributed by atoms with Crippen LogP contribution in [0.2, 0.25) is 0 Å². The molecule has 5 N–H and O–H groups in total. The molecule has 2 aromatic carbocycles. The molecule has 1 heterocycles. The van der Waals surface area contributed by atoms with E-state index in [2.05, 4.69) is 20.8 Å². The van der Waals surface area contributed by atoms with Crippen molar-refractivity contribution >= 4 is 34.7 Å². The lowest BCUT2D eigenvalue weighted by molar-refractivity contribution is 0.0959. The van der Waals surface area contributed by atoms with Crippen molar-refractivity contribution in [2.45, 2.75) is 4.90 Å². The van der Waals surface area contributed by atoms with E-state index in [1.54, 1.807) is 24.3 Å². The number of phenolic OH excluding ortho intramolecular Hbond substituents is 2. The molecule has 0 fully saturated rings. The van der Waals surface area contributed by atoms with E-state index in [-0.39, 0.29) is 34.6 Å². The highest BCUT2D eigenvalue weighted by molar-refractivity contribution is 7.99. The van der Waals surface area contributed by atoms with Crippen LogP contribution in [-0.2, 0) is 0 Å². The zero-order valence-electron chi connectivity index (χ0n) is 14.9. The Balaban J connectivity index is 1.63. The van der Waals surface area contributed by atoms with Crippen molar-refractivity contribution in [3.8, 4) is 17.2 Å². The van der Waals surface area contributed by atoms with E-state index in [4.69, 9.17) is 4.74 Å². The first-order chi connectivity index (χ1) is 13.5. The molecule has 0 radical (unpaired) electrons. The zero-order valence-corrected chi connectivity index (χ0v) is 15.7. The minimum Gasteiger partial charge on any atom is -0.506 e. The molecule has 0 spiro atoms. The van der Waals surface area contributed by atoms with Gasteiger partial charge in [-0.3, -0.25) is 9.89 Å². The molecule has 0 atom stereocenters. The van der Waals surface area contributed by atoms with E-state index < -0.39 is 12.0 Å². The number of para-hydroxylation sites is 1. The molecule has 10 heteroatoms. The van der Waals surface area contributed by atoms with Gasteiger partial charge in [0.15, 0.2) is 0 Å². The summed E-state index contributed by atoms with van der Waals surface area (Å²) in [5.74, 6) is 0.0254. The fourth-order valence-corrected chi connectivity index (χ4v) is 3.34. The summed E-state index contributed by atoms with van der Waals surface area (Å²) in [6.45, 7) is 0.266. The van der Waals surface area contributed by atoms with Crippen molar-refractivity contribution in [2.24, 2.45) is 0 Å². The maximum Gasteiger partial charge on any atom is 0.412 e. The topological polar surface area (TPSA) is 137 Å². The number of ether oxygens (including phenoxy) is 1. The number of H-pyrrole nitrogens is 1. The molecular formula is C18H18N4O5S. The van der Waals surface area contributed by atoms with Gasteiger partial charge in [0.2, 0.25) is 0 Å². The minimum absolute atomic E-state index is 0.0531. The molecule has 146 valence electrons. The number of nitrogens with one attached hydrogen (secondary N) is 3. The van der Waals surface area contributed by atoms with Crippen LogP contribution in [0.1, 0.15) is 10.5 Å². The van der Waals surface area contributed by atoms with Crippen molar-refractivity contribution in [2.75, 3.05) is 19.3 Å². The van der Waals surface area contributed by atoms with Gasteiger partial charge in [0.05, 0.1) is 10.3 Å². The van der Waals surface area contributed by atoms with Crippen LogP contribution >= 0.6 is 11.8 Å². The number of aromatic nitrogens is 2. The molecule has 9 nitrogen and oxygen atoms in total. The molecule has 2 amide bonds. The number of aromatic amines is 1. The van der Waals surface area contributed by atoms with Crippen LogP contribution in [0.25, 0.3) is 10.9 Å². The number of amides is 2.